The van der Waals surface area contributed by atoms with Crippen LogP contribution in [0.4, 0.5) is 0 Å². The number of thiocarbonyl (C=S) groups is 1. The van der Waals surface area contributed by atoms with E-state index in [1.54, 1.807) is 6.07 Å². The second-order valence-electron chi connectivity index (χ2n) is 2.44. The summed E-state index contributed by atoms with van der Waals surface area (Å²) in [7, 11) is 0. The molecule has 0 aliphatic rings. The van der Waals surface area contributed by atoms with E-state index in [0.717, 1.165) is 0 Å². The topological polar surface area (TPSA) is 70.6 Å². The number of halogens is 1. The highest BCUT2D eigenvalue weighted by molar-refractivity contribution is 7.80. The molecule has 4 nitrogen and oxygen atoms in total. The zero-order valence-electron chi connectivity index (χ0n) is 7.07. The average Bonchev–Trinajstić information content (AvgIpc) is 2.10. The van der Waals surface area contributed by atoms with E-state index in [1.807, 2.05) is 0 Å². The summed E-state index contributed by atoms with van der Waals surface area (Å²) in [6, 6.07) is 4.53. The molecule has 0 saturated heterocycles. The van der Waals surface area contributed by atoms with Gasteiger partial charge in [0.25, 0.3) is 0 Å². The van der Waals surface area contributed by atoms with E-state index >= 15 is 0 Å². The second-order valence-corrected chi connectivity index (χ2v) is 3.29. The molecule has 0 radical (unpaired) electrons. The van der Waals surface area contributed by atoms with Gasteiger partial charge in [-0.2, -0.15) is 5.10 Å². The van der Waals surface area contributed by atoms with Gasteiger partial charge in [0.15, 0.2) is 5.11 Å². The van der Waals surface area contributed by atoms with Crippen LogP contribution < -0.4 is 11.2 Å². The Balaban J connectivity index is 2.80. The first-order valence-electron chi connectivity index (χ1n) is 3.66. The molecule has 0 unspecified atom stereocenters. The lowest BCUT2D eigenvalue weighted by molar-refractivity contribution is 0.475. The summed E-state index contributed by atoms with van der Waals surface area (Å²) in [6.45, 7) is 0. The van der Waals surface area contributed by atoms with Crippen LogP contribution in [0, 0.1) is 0 Å². The SMILES string of the molecule is NC(=S)N/N=C/c1cc(O)ccc1Cl. The van der Waals surface area contributed by atoms with Crippen molar-refractivity contribution in [1.29, 1.82) is 0 Å². The van der Waals surface area contributed by atoms with Gasteiger partial charge in [0.1, 0.15) is 5.75 Å². The van der Waals surface area contributed by atoms with E-state index in [0.29, 0.717) is 10.6 Å². The minimum Gasteiger partial charge on any atom is -0.508 e. The van der Waals surface area contributed by atoms with Crippen molar-refractivity contribution in [3.63, 3.8) is 0 Å². The summed E-state index contributed by atoms with van der Waals surface area (Å²) < 4.78 is 0. The summed E-state index contributed by atoms with van der Waals surface area (Å²) in [4.78, 5) is 0. The highest BCUT2D eigenvalue weighted by atomic mass is 35.5. The van der Waals surface area contributed by atoms with Crippen LogP contribution in [0.3, 0.4) is 0 Å². The fourth-order valence-corrected chi connectivity index (χ4v) is 1.01. The Morgan fingerprint density at radius 2 is 2.36 bits per heavy atom. The van der Waals surface area contributed by atoms with Gasteiger partial charge in [-0.15, -0.1) is 0 Å². The Labute approximate surface area is 91.4 Å². The number of nitrogens with two attached hydrogens (primary N) is 1. The summed E-state index contributed by atoms with van der Waals surface area (Å²) >= 11 is 10.4. The lowest BCUT2D eigenvalue weighted by atomic mass is 10.2. The summed E-state index contributed by atoms with van der Waals surface area (Å²) in [5, 5.41) is 13.4. The predicted molar refractivity (Wildman–Crippen MR) is 60.6 cm³/mol. The number of phenols is 1. The number of aromatic hydroxyl groups is 1. The summed E-state index contributed by atoms with van der Waals surface area (Å²) in [5.74, 6) is 0.117. The number of benzene rings is 1. The fourth-order valence-electron chi connectivity index (χ4n) is 0.796. The van der Waals surface area contributed by atoms with E-state index in [1.165, 1.54) is 18.3 Å². The maximum absolute atomic E-state index is 9.15. The molecule has 0 amide bonds. The number of rotatable bonds is 2. The van der Waals surface area contributed by atoms with Crippen molar-refractivity contribution in [1.82, 2.24) is 5.43 Å². The first kappa shape index (κ1) is 10.7. The van der Waals surface area contributed by atoms with E-state index in [-0.39, 0.29) is 10.9 Å². The van der Waals surface area contributed by atoms with E-state index in [2.05, 4.69) is 22.7 Å². The van der Waals surface area contributed by atoms with E-state index in [4.69, 9.17) is 22.4 Å². The molecule has 0 atom stereocenters. The van der Waals surface area contributed by atoms with Crippen molar-refractivity contribution < 1.29 is 5.11 Å². The zero-order chi connectivity index (χ0) is 10.6. The number of hydrogen-bond donors (Lipinski definition) is 3. The normalized spacial score (nSPS) is 10.4. The number of nitrogens with zero attached hydrogens (tertiary/aromatic N) is 1. The first-order chi connectivity index (χ1) is 6.59. The van der Waals surface area contributed by atoms with Crippen molar-refractivity contribution in [2.24, 2.45) is 10.8 Å². The molecule has 14 heavy (non-hydrogen) atoms. The van der Waals surface area contributed by atoms with Crippen LogP contribution in [0.15, 0.2) is 23.3 Å². The van der Waals surface area contributed by atoms with E-state index < -0.39 is 0 Å². The van der Waals surface area contributed by atoms with Gasteiger partial charge in [0.05, 0.1) is 6.21 Å². The van der Waals surface area contributed by atoms with Crippen molar-refractivity contribution in [2.75, 3.05) is 0 Å². The minimum absolute atomic E-state index is 0.0672. The maximum atomic E-state index is 9.15. The molecular weight excluding hydrogens is 222 g/mol. The van der Waals surface area contributed by atoms with Crippen molar-refractivity contribution in [3.8, 4) is 5.75 Å². The zero-order valence-corrected chi connectivity index (χ0v) is 8.64. The van der Waals surface area contributed by atoms with Gasteiger partial charge in [-0.25, -0.2) is 0 Å². The summed E-state index contributed by atoms with van der Waals surface area (Å²) in [6.07, 6.45) is 1.42. The summed E-state index contributed by atoms with van der Waals surface area (Å²) in [5.41, 5.74) is 8.11. The van der Waals surface area contributed by atoms with Crippen molar-refractivity contribution in [3.05, 3.63) is 28.8 Å². The molecule has 0 aliphatic carbocycles. The van der Waals surface area contributed by atoms with Gasteiger partial charge < -0.3 is 10.8 Å². The molecule has 0 heterocycles. The van der Waals surface area contributed by atoms with Gasteiger partial charge in [-0.3, -0.25) is 5.43 Å². The lowest BCUT2D eigenvalue weighted by Gasteiger charge is -1.98. The standard InChI is InChI=1S/C8H8ClN3OS/c9-7-2-1-6(13)3-5(7)4-11-12-8(10)14/h1-4,13H,(H3,10,12,14)/b11-4+. The molecule has 1 aromatic rings. The van der Waals surface area contributed by atoms with Gasteiger partial charge in [0, 0.05) is 10.6 Å². The molecule has 74 valence electrons. The van der Waals surface area contributed by atoms with Gasteiger partial charge in [-0.05, 0) is 30.4 Å². The van der Waals surface area contributed by atoms with Crippen LogP contribution in [-0.2, 0) is 0 Å². The average molecular weight is 230 g/mol. The molecule has 0 saturated carbocycles. The lowest BCUT2D eigenvalue weighted by Crippen LogP contribution is -2.24. The molecule has 0 bridgehead atoms. The van der Waals surface area contributed by atoms with Gasteiger partial charge >= 0.3 is 0 Å². The number of hydrazone groups is 1. The molecular formula is C8H8ClN3OS. The quantitative estimate of drug-likeness (QED) is 0.405. The Bertz CT molecular complexity index is 381. The van der Waals surface area contributed by atoms with Crippen LogP contribution in [0.5, 0.6) is 5.75 Å². The largest absolute Gasteiger partial charge is 0.508 e. The smallest absolute Gasteiger partial charge is 0.184 e. The highest BCUT2D eigenvalue weighted by Crippen LogP contribution is 2.19. The Hall–Kier alpha value is -1.33. The van der Waals surface area contributed by atoms with Crippen LogP contribution in [0.25, 0.3) is 0 Å². The molecule has 4 N–H and O–H groups in total. The predicted octanol–water partition coefficient (Wildman–Crippen LogP) is 1.21. The van der Waals surface area contributed by atoms with Gasteiger partial charge in [-0.1, -0.05) is 11.6 Å². The first-order valence-corrected chi connectivity index (χ1v) is 4.45. The van der Waals surface area contributed by atoms with Crippen LogP contribution in [0.1, 0.15) is 5.56 Å². The third kappa shape index (κ3) is 3.20. The van der Waals surface area contributed by atoms with Gasteiger partial charge in [0.2, 0.25) is 0 Å². The monoisotopic (exact) mass is 229 g/mol. The minimum atomic E-state index is 0.0672. The molecule has 1 rings (SSSR count). The Morgan fingerprint density at radius 3 is 3.00 bits per heavy atom. The molecule has 0 fully saturated rings. The number of nitrogens with one attached hydrogen (secondary N) is 1. The number of hydrogen-bond acceptors (Lipinski definition) is 3. The molecule has 1 aromatic carbocycles. The highest BCUT2D eigenvalue weighted by Gasteiger charge is 1.97. The van der Waals surface area contributed by atoms with E-state index in [9.17, 15) is 0 Å². The third-order valence-electron chi connectivity index (χ3n) is 1.36. The maximum Gasteiger partial charge on any atom is 0.184 e. The Kier molecular flexibility index (Phi) is 3.67. The number of phenolic OH excluding ortho intramolecular Hbond substituents is 1. The van der Waals surface area contributed by atoms with Crippen LogP contribution >= 0.6 is 23.8 Å². The molecule has 6 heteroatoms. The molecule has 0 aliphatic heterocycles. The molecule has 0 aromatic heterocycles. The van der Waals surface area contributed by atoms with Crippen LogP contribution in [-0.4, -0.2) is 16.4 Å². The van der Waals surface area contributed by atoms with Crippen molar-refractivity contribution >= 4 is 35.1 Å². The fraction of sp³-hybridized carbons (Fsp3) is 0. The Morgan fingerprint density at radius 1 is 1.64 bits per heavy atom. The molecule has 0 spiro atoms. The third-order valence-corrected chi connectivity index (χ3v) is 1.79. The van der Waals surface area contributed by atoms with Crippen molar-refractivity contribution in [2.45, 2.75) is 0 Å². The second kappa shape index (κ2) is 4.78. The van der Waals surface area contributed by atoms with Crippen LogP contribution in [0.2, 0.25) is 5.02 Å².